The fraction of sp³-hybridized carbons (Fsp3) is 0.148. The van der Waals surface area contributed by atoms with E-state index in [1.165, 1.54) is 4.88 Å². The molecule has 0 unspecified atom stereocenters. The van der Waals surface area contributed by atoms with Gasteiger partial charge in [0.25, 0.3) is 0 Å². The molecule has 6 heterocycles. The monoisotopic (exact) mass is 493 g/mol. The Morgan fingerprint density at radius 3 is 2.72 bits per heavy atom. The average Bonchev–Trinajstić information content (AvgIpc) is 3.61. The summed E-state index contributed by atoms with van der Waals surface area (Å²) in [5.41, 5.74) is 6.72. The normalized spacial score (nSPS) is 11.4. The van der Waals surface area contributed by atoms with Gasteiger partial charge in [-0.15, -0.1) is 11.3 Å². The molecular formula is C27H23N7OS. The number of carbonyl (C=O) groups excluding carboxylic acids is 1. The summed E-state index contributed by atoms with van der Waals surface area (Å²) in [4.78, 5) is 31.5. The molecule has 0 fully saturated rings. The Kier molecular flexibility index (Phi) is 5.54. The van der Waals surface area contributed by atoms with Crippen LogP contribution in [-0.4, -0.2) is 36.0 Å². The highest BCUT2D eigenvalue weighted by Crippen LogP contribution is 2.36. The third-order valence-electron chi connectivity index (χ3n) is 6.02. The molecule has 0 saturated carbocycles. The van der Waals surface area contributed by atoms with E-state index in [0.29, 0.717) is 12.1 Å². The van der Waals surface area contributed by atoms with E-state index in [-0.39, 0.29) is 5.91 Å². The Hall–Kier alpha value is -4.37. The Morgan fingerprint density at radius 1 is 1.00 bits per heavy atom. The van der Waals surface area contributed by atoms with Crippen molar-refractivity contribution in [2.45, 2.75) is 26.7 Å². The molecule has 0 atom stereocenters. The van der Waals surface area contributed by atoms with Crippen molar-refractivity contribution in [1.29, 1.82) is 0 Å². The summed E-state index contributed by atoms with van der Waals surface area (Å²) in [7, 11) is 0. The lowest BCUT2D eigenvalue weighted by Gasteiger charge is -2.06. The highest BCUT2D eigenvalue weighted by atomic mass is 32.1. The van der Waals surface area contributed by atoms with Crippen molar-refractivity contribution >= 4 is 44.7 Å². The molecule has 0 saturated heterocycles. The summed E-state index contributed by atoms with van der Waals surface area (Å²) in [5, 5.41) is 12.6. The first-order valence-electron chi connectivity index (χ1n) is 11.7. The highest BCUT2D eigenvalue weighted by molar-refractivity contribution is 7.15. The number of nitrogens with zero attached hydrogens (tertiary/aromatic N) is 4. The molecule has 0 aromatic carbocycles. The maximum atomic E-state index is 12.0. The number of thiophene rings is 1. The minimum Gasteiger partial charge on any atom is -0.353 e. The lowest BCUT2D eigenvalue weighted by molar-refractivity contribution is -0.116. The molecule has 3 N–H and O–H groups in total. The van der Waals surface area contributed by atoms with E-state index in [4.69, 9.17) is 0 Å². The molecule has 0 aliphatic rings. The van der Waals surface area contributed by atoms with Crippen molar-refractivity contribution in [2.24, 2.45) is 0 Å². The lowest BCUT2D eigenvalue weighted by atomic mass is 10.1. The van der Waals surface area contributed by atoms with Gasteiger partial charge in [0.1, 0.15) is 5.69 Å². The number of pyridine rings is 3. The molecule has 6 rings (SSSR count). The van der Waals surface area contributed by atoms with Crippen molar-refractivity contribution in [3.8, 4) is 33.2 Å². The first-order valence-corrected chi connectivity index (χ1v) is 12.5. The van der Waals surface area contributed by atoms with Crippen LogP contribution in [0, 0.1) is 6.92 Å². The zero-order valence-electron chi connectivity index (χ0n) is 19.8. The van der Waals surface area contributed by atoms with Crippen molar-refractivity contribution in [3.05, 3.63) is 66.1 Å². The van der Waals surface area contributed by atoms with Gasteiger partial charge in [0.2, 0.25) is 5.91 Å². The van der Waals surface area contributed by atoms with Gasteiger partial charge in [0.15, 0.2) is 0 Å². The van der Waals surface area contributed by atoms with Crippen LogP contribution in [0.25, 0.3) is 55.0 Å². The number of aryl methyl sites for hydroxylation is 1. The van der Waals surface area contributed by atoms with E-state index in [1.54, 1.807) is 29.9 Å². The molecule has 8 nitrogen and oxygen atoms in total. The van der Waals surface area contributed by atoms with E-state index in [9.17, 15) is 4.79 Å². The number of hydrogen-bond acceptors (Lipinski definition) is 6. The fourth-order valence-corrected chi connectivity index (χ4v) is 5.20. The summed E-state index contributed by atoms with van der Waals surface area (Å²) in [6.07, 6.45) is 8.25. The fourth-order valence-electron chi connectivity index (χ4n) is 4.32. The van der Waals surface area contributed by atoms with Crippen LogP contribution in [0.1, 0.15) is 24.6 Å². The number of aromatic amines is 2. The lowest BCUT2D eigenvalue weighted by Crippen LogP contribution is -2.10. The first-order chi connectivity index (χ1) is 17.6. The predicted molar refractivity (Wildman–Crippen MR) is 144 cm³/mol. The number of amides is 1. The van der Waals surface area contributed by atoms with Gasteiger partial charge in [-0.2, -0.15) is 5.10 Å². The molecule has 0 aliphatic carbocycles. The quantitative estimate of drug-likeness (QED) is 0.251. The Balaban J connectivity index is 1.40. The standard InChI is InChI=1S/C27H23N7OS/c1-3-4-25(35)31-17-9-16(12-28-13-17)21-10-19-23(14-30-21)33-34-26(19)22-11-18-20(32-22)7-8-29-27(18)24-6-5-15(2)36-24/h5-14,32H,3-4H2,1-2H3,(H,31,35)(H,33,34). The molecule has 0 radical (unpaired) electrons. The summed E-state index contributed by atoms with van der Waals surface area (Å²) in [6, 6.07) is 12.2. The number of H-pyrrole nitrogens is 2. The number of aromatic nitrogens is 6. The van der Waals surface area contributed by atoms with Gasteiger partial charge in [-0.3, -0.25) is 24.8 Å². The largest absolute Gasteiger partial charge is 0.353 e. The predicted octanol–water partition coefficient (Wildman–Crippen LogP) is 6.34. The van der Waals surface area contributed by atoms with Gasteiger partial charge in [0.05, 0.1) is 45.6 Å². The second-order valence-corrected chi connectivity index (χ2v) is 9.95. The third kappa shape index (κ3) is 4.03. The number of rotatable bonds is 6. The molecule has 0 aliphatic heterocycles. The van der Waals surface area contributed by atoms with Crippen LogP contribution in [0.2, 0.25) is 0 Å². The van der Waals surface area contributed by atoms with Crippen molar-refractivity contribution in [1.82, 2.24) is 30.1 Å². The van der Waals surface area contributed by atoms with Crippen molar-refractivity contribution < 1.29 is 4.79 Å². The number of carbonyl (C=O) groups is 1. The molecule has 1 amide bonds. The Morgan fingerprint density at radius 2 is 1.89 bits per heavy atom. The minimum atomic E-state index is -0.0256. The van der Waals surface area contributed by atoms with Gasteiger partial charge in [-0.05, 0) is 49.7 Å². The van der Waals surface area contributed by atoms with Crippen molar-refractivity contribution in [3.63, 3.8) is 0 Å². The minimum absolute atomic E-state index is 0.0256. The number of hydrogen-bond donors (Lipinski definition) is 3. The summed E-state index contributed by atoms with van der Waals surface area (Å²) in [6.45, 7) is 4.08. The molecule has 0 bridgehead atoms. The Bertz CT molecular complexity index is 1730. The first kappa shape index (κ1) is 22.1. The SMILES string of the molecule is CCCC(=O)Nc1cncc(-c2cc3c(-c4cc5c(-c6ccc(C)s6)nccc5[nH]4)n[nH]c3cn2)c1. The number of anilines is 1. The van der Waals surface area contributed by atoms with E-state index in [0.717, 1.165) is 61.4 Å². The van der Waals surface area contributed by atoms with E-state index >= 15 is 0 Å². The summed E-state index contributed by atoms with van der Waals surface area (Å²) < 4.78 is 0. The highest BCUT2D eigenvalue weighted by Gasteiger charge is 2.16. The zero-order valence-corrected chi connectivity index (χ0v) is 20.6. The van der Waals surface area contributed by atoms with Crippen LogP contribution >= 0.6 is 11.3 Å². The van der Waals surface area contributed by atoms with Gasteiger partial charge < -0.3 is 10.3 Å². The van der Waals surface area contributed by atoms with Crippen molar-refractivity contribution in [2.75, 3.05) is 5.32 Å². The smallest absolute Gasteiger partial charge is 0.224 e. The third-order valence-corrected chi connectivity index (χ3v) is 7.03. The van der Waals surface area contributed by atoms with Crippen LogP contribution in [-0.2, 0) is 4.79 Å². The molecule has 6 aromatic rings. The molecule has 9 heteroatoms. The topological polar surface area (TPSA) is 112 Å². The van der Waals surface area contributed by atoms with Gasteiger partial charge in [-0.1, -0.05) is 6.92 Å². The van der Waals surface area contributed by atoms with Crippen LogP contribution in [0.15, 0.2) is 61.2 Å². The van der Waals surface area contributed by atoms with Crippen LogP contribution in [0.5, 0.6) is 0 Å². The second-order valence-electron chi connectivity index (χ2n) is 8.66. The molecule has 36 heavy (non-hydrogen) atoms. The van der Waals surface area contributed by atoms with E-state index in [2.05, 4.69) is 60.6 Å². The average molecular weight is 494 g/mol. The zero-order chi connectivity index (χ0) is 24.6. The van der Waals surface area contributed by atoms with E-state index in [1.807, 2.05) is 31.3 Å². The molecule has 6 aromatic heterocycles. The van der Waals surface area contributed by atoms with Gasteiger partial charge in [-0.25, -0.2) is 0 Å². The molecule has 0 spiro atoms. The van der Waals surface area contributed by atoms with Crippen LogP contribution in [0.4, 0.5) is 5.69 Å². The Labute approximate surface area is 210 Å². The maximum absolute atomic E-state index is 12.0. The van der Waals surface area contributed by atoms with Gasteiger partial charge in [0, 0.05) is 45.5 Å². The molecular weight excluding hydrogens is 470 g/mol. The summed E-state index contributed by atoms with van der Waals surface area (Å²) >= 11 is 1.73. The number of fused-ring (bicyclic) bond motifs is 2. The van der Waals surface area contributed by atoms with Gasteiger partial charge >= 0.3 is 0 Å². The maximum Gasteiger partial charge on any atom is 0.224 e. The number of nitrogens with one attached hydrogen (secondary N) is 3. The summed E-state index contributed by atoms with van der Waals surface area (Å²) in [5.74, 6) is -0.0256. The van der Waals surface area contributed by atoms with Crippen LogP contribution in [0.3, 0.4) is 0 Å². The van der Waals surface area contributed by atoms with E-state index < -0.39 is 0 Å². The second kappa shape index (κ2) is 9.01. The van der Waals surface area contributed by atoms with Crippen LogP contribution < -0.4 is 5.32 Å². The molecule has 178 valence electrons.